The smallest absolute Gasteiger partial charge is 0.338 e. The molecule has 14 heavy (non-hydrogen) atoms. The molecule has 2 aromatic rings. The van der Waals surface area contributed by atoms with Crippen molar-refractivity contribution in [3.8, 4) is 0 Å². The van der Waals surface area contributed by atoms with Gasteiger partial charge in [0.15, 0.2) is 5.82 Å². The highest BCUT2D eigenvalue weighted by atomic mass is 32.1. The molecule has 0 N–H and O–H groups in total. The molecule has 0 bridgehead atoms. The number of ether oxygens (including phenoxy) is 1. The van der Waals surface area contributed by atoms with Crippen LogP contribution in [0.3, 0.4) is 0 Å². The van der Waals surface area contributed by atoms with Crippen LogP contribution < -0.4 is 0 Å². The molecule has 0 atom stereocenters. The lowest BCUT2D eigenvalue weighted by Gasteiger charge is -1.99. The summed E-state index contributed by atoms with van der Waals surface area (Å²) >= 11 is 1.28. The minimum atomic E-state index is -0.542. The van der Waals surface area contributed by atoms with Crippen molar-refractivity contribution in [3.05, 3.63) is 29.0 Å². The predicted octanol–water partition coefficient (Wildman–Crippen LogP) is 2.22. The summed E-state index contributed by atoms with van der Waals surface area (Å²) in [6.07, 6.45) is 0. The van der Waals surface area contributed by atoms with E-state index in [0.29, 0.717) is 10.2 Å². The average Bonchev–Trinajstić information content (AvgIpc) is 2.64. The average molecular weight is 211 g/mol. The van der Waals surface area contributed by atoms with E-state index in [4.69, 9.17) is 0 Å². The van der Waals surface area contributed by atoms with Crippen LogP contribution in [0.15, 0.2) is 17.6 Å². The Morgan fingerprint density at radius 2 is 2.36 bits per heavy atom. The Morgan fingerprint density at radius 3 is 3.07 bits per heavy atom. The number of carbonyl (C=O) groups excluding carboxylic acids is 1. The molecule has 1 aromatic heterocycles. The number of halogens is 1. The molecule has 0 spiro atoms. The predicted molar refractivity (Wildman–Crippen MR) is 50.9 cm³/mol. The molecule has 0 amide bonds. The van der Waals surface area contributed by atoms with Crippen molar-refractivity contribution < 1.29 is 13.9 Å². The van der Waals surface area contributed by atoms with E-state index in [-0.39, 0.29) is 5.56 Å². The van der Waals surface area contributed by atoms with E-state index < -0.39 is 11.8 Å². The number of carbonyl (C=O) groups is 1. The molecule has 72 valence electrons. The van der Waals surface area contributed by atoms with Crippen LogP contribution in [0, 0.1) is 5.82 Å². The summed E-state index contributed by atoms with van der Waals surface area (Å²) in [5.74, 6) is -1.04. The third-order valence-electron chi connectivity index (χ3n) is 1.81. The molecule has 1 aromatic carbocycles. The lowest BCUT2D eigenvalue weighted by atomic mass is 10.2. The quantitative estimate of drug-likeness (QED) is 0.679. The largest absolute Gasteiger partial charge is 0.465 e. The molecule has 0 saturated heterocycles. The number of aromatic nitrogens is 1. The first-order chi connectivity index (χ1) is 6.72. The minimum Gasteiger partial charge on any atom is -0.465 e. The van der Waals surface area contributed by atoms with E-state index in [0.717, 1.165) is 6.07 Å². The monoisotopic (exact) mass is 211 g/mol. The Kier molecular flexibility index (Phi) is 2.17. The molecule has 3 nitrogen and oxygen atoms in total. The van der Waals surface area contributed by atoms with Gasteiger partial charge in [-0.15, -0.1) is 11.3 Å². The third-order valence-corrected chi connectivity index (χ3v) is 2.59. The first kappa shape index (κ1) is 9.08. The molecule has 0 unspecified atom stereocenters. The summed E-state index contributed by atoms with van der Waals surface area (Å²) in [6, 6.07) is 2.70. The van der Waals surface area contributed by atoms with Crippen molar-refractivity contribution in [3.63, 3.8) is 0 Å². The van der Waals surface area contributed by atoms with Gasteiger partial charge >= 0.3 is 5.97 Å². The van der Waals surface area contributed by atoms with Crippen molar-refractivity contribution in [2.75, 3.05) is 7.11 Å². The standard InChI is InChI=1S/C9H6FNO2S/c1-13-9(12)5-2-6(10)8-7(3-5)14-4-11-8/h2-4H,1H3. The Morgan fingerprint density at radius 1 is 1.57 bits per heavy atom. The van der Waals surface area contributed by atoms with Gasteiger partial charge in [-0.1, -0.05) is 0 Å². The molecule has 0 aliphatic rings. The van der Waals surface area contributed by atoms with Gasteiger partial charge in [0.1, 0.15) is 5.52 Å². The fourth-order valence-corrected chi connectivity index (χ4v) is 1.89. The molecule has 2 rings (SSSR count). The van der Waals surface area contributed by atoms with Crippen LogP contribution in [0.2, 0.25) is 0 Å². The zero-order valence-electron chi connectivity index (χ0n) is 7.28. The Labute approximate surface area is 83.1 Å². The van der Waals surface area contributed by atoms with Crippen molar-refractivity contribution in [1.29, 1.82) is 0 Å². The summed E-state index contributed by atoms with van der Waals surface area (Å²) in [5, 5.41) is 0. The van der Waals surface area contributed by atoms with E-state index >= 15 is 0 Å². The van der Waals surface area contributed by atoms with Gasteiger partial charge in [-0.25, -0.2) is 14.2 Å². The lowest BCUT2D eigenvalue weighted by molar-refractivity contribution is 0.0600. The van der Waals surface area contributed by atoms with Gasteiger partial charge in [0.2, 0.25) is 0 Å². The van der Waals surface area contributed by atoms with Gasteiger partial charge in [-0.05, 0) is 12.1 Å². The molecule has 0 aliphatic carbocycles. The number of fused-ring (bicyclic) bond motifs is 1. The van der Waals surface area contributed by atoms with Crippen LogP contribution in [0.5, 0.6) is 0 Å². The van der Waals surface area contributed by atoms with Crippen molar-refractivity contribution in [2.45, 2.75) is 0 Å². The van der Waals surface area contributed by atoms with Gasteiger partial charge in [-0.3, -0.25) is 0 Å². The van der Waals surface area contributed by atoms with Crippen LogP contribution in [-0.2, 0) is 4.74 Å². The number of thiazole rings is 1. The maximum absolute atomic E-state index is 13.3. The molecular formula is C9H6FNO2S. The number of hydrogen-bond donors (Lipinski definition) is 0. The van der Waals surface area contributed by atoms with Crippen molar-refractivity contribution in [1.82, 2.24) is 4.98 Å². The van der Waals surface area contributed by atoms with Crippen LogP contribution in [-0.4, -0.2) is 18.1 Å². The highest BCUT2D eigenvalue weighted by Gasteiger charge is 2.11. The topological polar surface area (TPSA) is 39.2 Å². The van der Waals surface area contributed by atoms with Crippen LogP contribution in [0.1, 0.15) is 10.4 Å². The fourth-order valence-electron chi connectivity index (χ4n) is 1.16. The second kappa shape index (κ2) is 3.34. The van der Waals surface area contributed by atoms with Crippen LogP contribution >= 0.6 is 11.3 Å². The zero-order valence-corrected chi connectivity index (χ0v) is 8.10. The molecular weight excluding hydrogens is 205 g/mol. The Balaban J connectivity index is 2.64. The van der Waals surface area contributed by atoms with E-state index in [1.807, 2.05) is 0 Å². The number of methoxy groups -OCH3 is 1. The summed E-state index contributed by atoms with van der Waals surface area (Å²) < 4.78 is 18.5. The third kappa shape index (κ3) is 1.35. The second-order valence-electron chi connectivity index (χ2n) is 2.65. The SMILES string of the molecule is COC(=O)c1cc(F)c2ncsc2c1. The van der Waals surface area contributed by atoms with E-state index in [2.05, 4.69) is 9.72 Å². The first-order valence-electron chi connectivity index (χ1n) is 3.83. The van der Waals surface area contributed by atoms with E-state index in [1.54, 1.807) is 6.07 Å². The zero-order chi connectivity index (χ0) is 10.1. The molecule has 1 heterocycles. The van der Waals surface area contributed by atoms with Crippen LogP contribution in [0.4, 0.5) is 4.39 Å². The summed E-state index contributed by atoms with van der Waals surface area (Å²) in [6.45, 7) is 0. The van der Waals surface area contributed by atoms with E-state index in [9.17, 15) is 9.18 Å². The van der Waals surface area contributed by atoms with Crippen molar-refractivity contribution >= 4 is 27.5 Å². The van der Waals surface area contributed by atoms with Gasteiger partial charge in [0, 0.05) is 0 Å². The van der Waals surface area contributed by atoms with Crippen molar-refractivity contribution in [2.24, 2.45) is 0 Å². The normalized spacial score (nSPS) is 10.4. The molecule has 5 heteroatoms. The van der Waals surface area contributed by atoms with E-state index in [1.165, 1.54) is 24.0 Å². The second-order valence-corrected chi connectivity index (χ2v) is 3.54. The molecule has 0 saturated carbocycles. The maximum Gasteiger partial charge on any atom is 0.338 e. The highest BCUT2D eigenvalue weighted by Crippen LogP contribution is 2.22. The van der Waals surface area contributed by atoms with Gasteiger partial charge in [0.05, 0.1) is 22.9 Å². The Hall–Kier alpha value is -1.49. The Bertz CT molecular complexity index is 495. The fraction of sp³-hybridized carbons (Fsp3) is 0.111. The maximum atomic E-state index is 13.3. The number of rotatable bonds is 1. The molecule has 0 fully saturated rings. The first-order valence-corrected chi connectivity index (χ1v) is 4.71. The number of nitrogens with zero attached hydrogens (tertiary/aromatic N) is 1. The summed E-state index contributed by atoms with van der Waals surface area (Å²) in [5.41, 5.74) is 2.04. The van der Waals surface area contributed by atoms with Gasteiger partial charge in [0.25, 0.3) is 0 Å². The van der Waals surface area contributed by atoms with Gasteiger partial charge < -0.3 is 4.74 Å². The number of benzene rings is 1. The van der Waals surface area contributed by atoms with Gasteiger partial charge in [-0.2, -0.15) is 0 Å². The summed E-state index contributed by atoms with van der Waals surface area (Å²) in [7, 11) is 1.26. The highest BCUT2D eigenvalue weighted by molar-refractivity contribution is 7.16. The summed E-state index contributed by atoms with van der Waals surface area (Å²) in [4.78, 5) is 15.0. The number of esters is 1. The lowest BCUT2D eigenvalue weighted by Crippen LogP contribution is -2.01. The minimum absolute atomic E-state index is 0.210. The molecule has 0 radical (unpaired) electrons. The number of hydrogen-bond acceptors (Lipinski definition) is 4. The van der Waals surface area contributed by atoms with Crippen LogP contribution in [0.25, 0.3) is 10.2 Å². The molecule has 0 aliphatic heterocycles.